The summed E-state index contributed by atoms with van der Waals surface area (Å²) in [4.78, 5) is -5.86. The quantitative estimate of drug-likeness (QED) is 0.329. The van der Waals surface area contributed by atoms with Gasteiger partial charge in [0.2, 0.25) is 0 Å². The Hall–Kier alpha value is -1.78. The molecular weight excluding hydrogens is 402 g/mol. The molecule has 1 aromatic rings. The first-order valence-corrected chi connectivity index (χ1v) is 7.90. The summed E-state index contributed by atoms with van der Waals surface area (Å²) >= 11 is 0. The Morgan fingerprint density at radius 3 is 1.21 bits per heavy atom. The standard InChI is InChI=1S/C8H4F6O8S2/c9-7(10,11)1-3(15)4(16)6(24(20,21)22)2(8(12,13)14)5(1)23(17,18)19/h15-16H,(H,17,18,19)(H,20,21,22). The predicted octanol–water partition coefficient (Wildman–Crippen LogP) is 1.63. The monoisotopic (exact) mass is 406 g/mol. The van der Waals surface area contributed by atoms with Gasteiger partial charge in [-0.1, -0.05) is 0 Å². The maximum absolute atomic E-state index is 12.9. The number of hydrogen-bond donors (Lipinski definition) is 4. The van der Waals surface area contributed by atoms with Crippen molar-refractivity contribution in [3.05, 3.63) is 11.1 Å². The Balaban J connectivity index is 4.52. The second kappa shape index (κ2) is 5.36. The normalized spacial score (nSPS) is 14.0. The lowest BCUT2D eigenvalue weighted by molar-refractivity contribution is -0.150. The first-order valence-electron chi connectivity index (χ1n) is 5.02. The van der Waals surface area contributed by atoms with Crippen LogP contribution in [0.3, 0.4) is 0 Å². The Bertz CT molecular complexity index is 896. The zero-order valence-electron chi connectivity index (χ0n) is 10.5. The highest BCUT2D eigenvalue weighted by molar-refractivity contribution is 7.86. The van der Waals surface area contributed by atoms with Crippen LogP contribution in [0.5, 0.6) is 11.5 Å². The van der Waals surface area contributed by atoms with E-state index in [9.17, 15) is 43.2 Å². The van der Waals surface area contributed by atoms with E-state index in [-0.39, 0.29) is 0 Å². The van der Waals surface area contributed by atoms with Crippen LogP contribution >= 0.6 is 0 Å². The van der Waals surface area contributed by atoms with Crippen LogP contribution in [-0.4, -0.2) is 36.2 Å². The number of alkyl halides is 6. The summed E-state index contributed by atoms with van der Waals surface area (Å²) in [5.41, 5.74) is -6.29. The molecule has 0 aliphatic carbocycles. The van der Waals surface area contributed by atoms with Crippen LogP contribution in [0.2, 0.25) is 0 Å². The van der Waals surface area contributed by atoms with Crippen molar-refractivity contribution in [3.63, 3.8) is 0 Å². The lowest BCUT2D eigenvalue weighted by atomic mass is 10.1. The Morgan fingerprint density at radius 1 is 0.625 bits per heavy atom. The van der Waals surface area contributed by atoms with Crippen LogP contribution in [0.4, 0.5) is 26.3 Å². The van der Waals surface area contributed by atoms with E-state index in [1.54, 1.807) is 0 Å². The number of halogens is 6. The van der Waals surface area contributed by atoms with Gasteiger partial charge in [-0.3, -0.25) is 9.11 Å². The molecule has 0 aliphatic heterocycles. The third kappa shape index (κ3) is 3.50. The number of benzene rings is 1. The Morgan fingerprint density at radius 2 is 0.958 bits per heavy atom. The SMILES string of the molecule is O=S(=O)(O)c1c(O)c(O)c(C(F)(F)F)c(S(=O)(=O)O)c1C(F)(F)F. The number of aromatic hydroxyl groups is 2. The highest BCUT2D eigenvalue weighted by atomic mass is 32.2. The second-order valence-corrected chi connectivity index (χ2v) is 6.77. The van der Waals surface area contributed by atoms with Gasteiger partial charge >= 0.3 is 12.4 Å². The lowest BCUT2D eigenvalue weighted by Gasteiger charge is -2.21. The minimum Gasteiger partial charge on any atom is -0.504 e. The maximum Gasteiger partial charge on any atom is 0.421 e. The fraction of sp³-hybridized carbons (Fsp3) is 0.250. The molecule has 0 spiro atoms. The van der Waals surface area contributed by atoms with Gasteiger partial charge in [0.25, 0.3) is 20.2 Å². The van der Waals surface area contributed by atoms with E-state index in [1.165, 1.54) is 0 Å². The first kappa shape index (κ1) is 20.3. The molecule has 0 atom stereocenters. The molecule has 1 rings (SSSR count). The van der Waals surface area contributed by atoms with Gasteiger partial charge in [-0.2, -0.15) is 43.2 Å². The molecule has 0 fully saturated rings. The fourth-order valence-electron chi connectivity index (χ4n) is 1.71. The smallest absolute Gasteiger partial charge is 0.421 e. The summed E-state index contributed by atoms with van der Waals surface area (Å²) in [7, 11) is -12.6. The molecule has 0 unspecified atom stereocenters. The summed E-state index contributed by atoms with van der Waals surface area (Å²) in [6.07, 6.45) is -12.3. The third-order valence-corrected chi connectivity index (χ3v) is 4.28. The highest BCUT2D eigenvalue weighted by Crippen LogP contribution is 2.53. The van der Waals surface area contributed by atoms with Gasteiger partial charge in [0.05, 0.1) is 0 Å². The Kier molecular flexibility index (Phi) is 4.53. The second-order valence-electron chi connectivity index (χ2n) is 4.05. The van der Waals surface area contributed by atoms with E-state index in [2.05, 4.69) is 0 Å². The molecule has 1 aromatic carbocycles. The number of phenols is 2. The van der Waals surface area contributed by atoms with Crippen molar-refractivity contribution in [2.45, 2.75) is 22.1 Å². The van der Waals surface area contributed by atoms with E-state index in [1.807, 2.05) is 0 Å². The zero-order chi connectivity index (χ0) is 19.5. The van der Waals surface area contributed by atoms with Gasteiger partial charge in [0.1, 0.15) is 16.0 Å². The average Bonchev–Trinajstić information content (AvgIpc) is 2.25. The highest BCUT2D eigenvalue weighted by Gasteiger charge is 2.52. The molecule has 0 radical (unpaired) electrons. The third-order valence-electron chi connectivity index (χ3n) is 2.44. The lowest BCUT2D eigenvalue weighted by Crippen LogP contribution is -2.23. The van der Waals surface area contributed by atoms with Gasteiger partial charge in [-0.25, -0.2) is 0 Å². The Labute approximate surface area is 128 Å². The molecule has 0 bridgehead atoms. The van der Waals surface area contributed by atoms with E-state index in [0.717, 1.165) is 0 Å². The van der Waals surface area contributed by atoms with Gasteiger partial charge in [0.15, 0.2) is 16.4 Å². The predicted molar refractivity (Wildman–Crippen MR) is 59.4 cm³/mol. The van der Waals surface area contributed by atoms with Gasteiger partial charge in [-0.15, -0.1) is 0 Å². The minimum atomic E-state index is -6.44. The van der Waals surface area contributed by atoms with E-state index in [0.29, 0.717) is 0 Å². The summed E-state index contributed by atoms with van der Waals surface area (Å²) in [5.74, 6) is -5.26. The molecule has 138 valence electrons. The van der Waals surface area contributed by atoms with Crippen molar-refractivity contribution >= 4 is 20.2 Å². The summed E-state index contributed by atoms with van der Waals surface area (Å²) < 4.78 is 138. The molecule has 0 saturated heterocycles. The molecule has 4 N–H and O–H groups in total. The van der Waals surface area contributed by atoms with Crippen LogP contribution < -0.4 is 0 Å². The number of rotatable bonds is 2. The van der Waals surface area contributed by atoms with Crippen LogP contribution in [0.1, 0.15) is 11.1 Å². The van der Waals surface area contributed by atoms with Gasteiger partial charge in [-0.05, 0) is 0 Å². The van der Waals surface area contributed by atoms with Crippen LogP contribution in [-0.2, 0) is 32.6 Å². The molecular formula is C8H4F6O8S2. The molecule has 0 amide bonds. The topological polar surface area (TPSA) is 149 Å². The largest absolute Gasteiger partial charge is 0.504 e. The van der Waals surface area contributed by atoms with Gasteiger partial charge < -0.3 is 10.2 Å². The van der Waals surface area contributed by atoms with Crippen molar-refractivity contribution in [2.24, 2.45) is 0 Å². The zero-order valence-corrected chi connectivity index (χ0v) is 12.1. The van der Waals surface area contributed by atoms with Crippen molar-refractivity contribution in [1.29, 1.82) is 0 Å². The first-order chi connectivity index (χ1) is 10.3. The molecule has 16 heteroatoms. The number of hydrogen-bond acceptors (Lipinski definition) is 6. The van der Waals surface area contributed by atoms with Crippen molar-refractivity contribution in [3.8, 4) is 11.5 Å². The average molecular weight is 406 g/mol. The molecule has 0 aliphatic rings. The molecule has 8 nitrogen and oxygen atoms in total. The summed E-state index contributed by atoms with van der Waals surface area (Å²) in [6, 6.07) is 0. The van der Waals surface area contributed by atoms with Crippen LogP contribution in [0.25, 0.3) is 0 Å². The number of phenolic OH excluding ortho intramolecular Hbond substituents is 2. The van der Waals surface area contributed by atoms with E-state index < -0.39 is 65.0 Å². The van der Waals surface area contributed by atoms with Gasteiger partial charge in [0, 0.05) is 0 Å². The van der Waals surface area contributed by atoms with Crippen molar-refractivity contribution in [1.82, 2.24) is 0 Å². The summed E-state index contributed by atoms with van der Waals surface area (Å²) in [5, 5.41) is 18.3. The van der Waals surface area contributed by atoms with Crippen molar-refractivity contribution in [2.75, 3.05) is 0 Å². The molecule has 0 heterocycles. The molecule has 0 saturated carbocycles. The van der Waals surface area contributed by atoms with Crippen molar-refractivity contribution < 1.29 is 62.5 Å². The van der Waals surface area contributed by atoms with Crippen LogP contribution in [0, 0.1) is 0 Å². The van der Waals surface area contributed by atoms with Crippen LogP contribution in [0.15, 0.2) is 9.79 Å². The maximum atomic E-state index is 12.9. The molecule has 0 aromatic heterocycles. The summed E-state index contributed by atoms with van der Waals surface area (Å²) in [6.45, 7) is 0. The molecule has 24 heavy (non-hydrogen) atoms. The van der Waals surface area contributed by atoms with E-state index >= 15 is 0 Å². The van der Waals surface area contributed by atoms with E-state index in [4.69, 9.17) is 19.3 Å². The minimum absolute atomic E-state index is 2.61. The fourth-order valence-corrected chi connectivity index (χ4v) is 3.54.